The van der Waals surface area contributed by atoms with Gasteiger partial charge < -0.3 is 20.1 Å². The molecular formula is C27H18O4. The predicted octanol–water partition coefficient (Wildman–Crippen LogP) is 6.40. The Labute approximate surface area is 178 Å². The Morgan fingerprint density at radius 1 is 0.516 bits per heavy atom. The standard InChI is InChI=1S/C27H18O4/c28-18-5-1-15(2-6-18)25-26-21-9-7-19(29)13-16(21)3-11-23(26)31-24-12-4-17-14-20(30)8-10-22(17)27(24)25/h1-14,25,28-30H. The molecule has 3 N–H and O–H groups in total. The fraction of sp³-hybridized carbons (Fsp3) is 0.0370. The van der Waals surface area contributed by atoms with Gasteiger partial charge in [0.15, 0.2) is 0 Å². The summed E-state index contributed by atoms with van der Waals surface area (Å²) < 4.78 is 6.36. The van der Waals surface area contributed by atoms with Gasteiger partial charge in [-0.05, 0) is 75.6 Å². The van der Waals surface area contributed by atoms with Crippen LogP contribution in [0.1, 0.15) is 22.6 Å². The number of hydrogen-bond donors (Lipinski definition) is 3. The molecule has 0 fully saturated rings. The monoisotopic (exact) mass is 406 g/mol. The zero-order chi connectivity index (χ0) is 21.1. The fourth-order valence-electron chi connectivity index (χ4n) is 4.68. The summed E-state index contributed by atoms with van der Waals surface area (Å²) in [4.78, 5) is 0. The van der Waals surface area contributed by atoms with E-state index in [-0.39, 0.29) is 23.2 Å². The van der Waals surface area contributed by atoms with Gasteiger partial charge in [0.2, 0.25) is 0 Å². The first-order valence-electron chi connectivity index (χ1n) is 10.1. The van der Waals surface area contributed by atoms with Crippen molar-refractivity contribution in [3.05, 3.63) is 102 Å². The summed E-state index contributed by atoms with van der Waals surface area (Å²) >= 11 is 0. The van der Waals surface area contributed by atoms with Crippen molar-refractivity contribution in [2.24, 2.45) is 0 Å². The summed E-state index contributed by atoms with van der Waals surface area (Å²) in [5.41, 5.74) is 3.04. The van der Waals surface area contributed by atoms with Crippen LogP contribution in [0.2, 0.25) is 0 Å². The third-order valence-electron chi connectivity index (χ3n) is 6.03. The van der Waals surface area contributed by atoms with Crippen molar-refractivity contribution in [1.29, 1.82) is 0 Å². The van der Waals surface area contributed by atoms with Crippen LogP contribution in [0.3, 0.4) is 0 Å². The molecule has 4 nitrogen and oxygen atoms in total. The zero-order valence-corrected chi connectivity index (χ0v) is 16.4. The van der Waals surface area contributed by atoms with Crippen LogP contribution in [0.25, 0.3) is 21.5 Å². The molecule has 0 aromatic heterocycles. The first-order chi connectivity index (χ1) is 15.1. The minimum atomic E-state index is -0.152. The summed E-state index contributed by atoms with van der Waals surface area (Å²) in [6.07, 6.45) is 0. The van der Waals surface area contributed by atoms with Gasteiger partial charge >= 0.3 is 0 Å². The molecule has 5 aromatic rings. The van der Waals surface area contributed by atoms with E-state index in [1.54, 1.807) is 36.4 Å². The maximum Gasteiger partial charge on any atom is 0.132 e. The number of fused-ring (bicyclic) bond motifs is 6. The van der Waals surface area contributed by atoms with Gasteiger partial charge in [-0.1, -0.05) is 36.4 Å². The molecule has 31 heavy (non-hydrogen) atoms. The molecule has 0 spiro atoms. The second kappa shape index (κ2) is 6.41. The summed E-state index contributed by atoms with van der Waals surface area (Å²) in [7, 11) is 0. The van der Waals surface area contributed by atoms with Gasteiger partial charge in [-0.2, -0.15) is 0 Å². The Morgan fingerprint density at radius 3 is 1.52 bits per heavy atom. The lowest BCUT2D eigenvalue weighted by molar-refractivity contribution is 0.455. The molecule has 1 aliphatic heterocycles. The maximum absolute atomic E-state index is 9.99. The third kappa shape index (κ3) is 2.69. The second-order valence-electron chi connectivity index (χ2n) is 7.89. The number of rotatable bonds is 1. The van der Waals surface area contributed by atoms with Crippen LogP contribution >= 0.6 is 0 Å². The van der Waals surface area contributed by atoms with E-state index in [4.69, 9.17) is 4.74 Å². The average Bonchev–Trinajstić information content (AvgIpc) is 2.77. The van der Waals surface area contributed by atoms with Crippen LogP contribution in [0.5, 0.6) is 28.7 Å². The molecule has 5 aromatic carbocycles. The van der Waals surface area contributed by atoms with Gasteiger partial charge in [0, 0.05) is 17.0 Å². The van der Waals surface area contributed by atoms with Gasteiger partial charge in [-0.15, -0.1) is 0 Å². The summed E-state index contributed by atoms with van der Waals surface area (Å²) in [6, 6.07) is 25.7. The van der Waals surface area contributed by atoms with Gasteiger partial charge in [0.25, 0.3) is 0 Å². The molecule has 0 bridgehead atoms. The van der Waals surface area contributed by atoms with Crippen molar-refractivity contribution in [1.82, 2.24) is 0 Å². The second-order valence-corrected chi connectivity index (χ2v) is 7.89. The molecule has 0 atom stereocenters. The SMILES string of the molecule is Oc1ccc(C2c3c(ccc4cc(O)ccc34)Oc3ccc4cc(O)ccc4c32)cc1. The van der Waals surface area contributed by atoms with Crippen LogP contribution < -0.4 is 4.74 Å². The molecule has 1 heterocycles. The molecule has 150 valence electrons. The first kappa shape index (κ1) is 17.7. The molecule has 0 unspecified atom stereocenters. The van der Waals surface area contributed by atoms with E-state index < -0.39 is 0 Å². The minimum absolute atomic E-state index is 0.152. The summed E-state index contributed by atoms with van der Waals surface area (Å²) in [5.74, 6) is 2.02. The number of phenols is 3. The van der Waals surface area contributed by atoms with Crippen molar-refractivity contribution >= 4 is 21.5 Å². The van der Waals surface area contributed by atoms with Crippen LogP contribution in [0.15, 0.2) is 84.9 Å². The zero-order valence-electron chi connectivity index (χ0n) is 16.4. The number of phenolic OH excluding ortho intramolecular Hbond substituents is 3. The molecule has 0 saturated carbocycles. The van der Waals surface area contributed by atoms with Crippen LogP contribution in [-0.4, -0.2) is 15.3 Å². The topological polar surface area (TPSA) is 69.9 Å². The Morgan fingerprint density at radius 2 is 1.00 bits per heavy atom. The fourth-order valence-corrected chi connectivity index (χ4v) is 4.68. The molecule has 1 aliphatic rings. The molecule has 6 rings (SSSR count). The quantitative estimate of drug-likeness (QED) is 0.296. The Bertz CT molecular complexity index is 1390. The smallest absolute Gasteiger partial charge is 0.132 e. The number of hydrogen-bond acceptors (Lipinski definition) is 4. The van der Waals surface area contributed by atoms with E-state index in [1.165, 1.54) is 0 Å². The van der Waals surface area contributed by atoms with E-state index in [0.717, 1.165) is 49.7 Å². The highest BCUT2D eigenvalue weighted by atomic mass is 16.5. The Balaban J connectivity index is 1.73. The highest BCUT2D eigenvalue weighted by Crippen LogP contribution is 2.52. The van der Waals surface area contributed by atoms with Gasteiger partial charge in [0.05, 0.1) is 0 Å². The molecule has 0 aliphatic carbocycles. The lowest BCUT2D eigenvalue weighted by Crippen LogP contribution is -2.13. The minimum Gasteiger partial charge on any atom is -0.508 e. The molecule has 0 amide bonds. The Kier molecular flexibility index (Phi) is 3.65. The van der Waals surface area contributed by atoms with Crippen LogP contribution in [-0.2, 0) is 0 Å². The third-order valence-corrected chi connectivity index (χ3v) is 6.03. The van der Waals surface area contributed by atoms with E-state index in [2.05, 4.69) is 0 Å². The van der Waals surface area contributed by atoms with E-state index in [1.807, 2.05) is 48.5 Å². The molecule has 0 saturated heterocycles. The van der Waals surface area contributed by atoms with Gasteiger partial charge in [0.1, 0.15) is 28.7 Å². The maximum atomic E-state index is 9.99. The summed E-state index contributed by atoms with van der Waals surface area (Å²) in [6.45, 7) is 0. The first-order valence-corrected chi connectivity index (χ1v) is 10.1. The molecule has 0 radical (unpaired) electrons. The number of aromatic hydroxyl groups is 3. The molecule has 4 heteroatoms. The average molecular weight is 406 g/mol. The van der Waals surface area contributed by atoms with Crippen molar-refractivity contribution in [3.8, 4) is 28.7 Å². The van der Waals surface area contributed by atoms with Gasteiger partial charge in [-0.25, -0.2) is 0 Å². The van der Waals surface area contributed by atoms with Crippen LogP contribution in [0.4, 0.5) is 0 Å². The van der Waals surface area contributed by atoms with Crippen molar-refractivity contribution in [3.63, 3.8) is 0 Å². The van der Waals surface area contributed by atoms with Crippen molar-refractivity contribution in [2.75, 3.05) is 0 Å². The van der Waals surface area contributed by atoms with E-state index in [0.29, 0.717) is 0 Å². The van der Waals surface area contributed by atoms with E-state index in [9.17, 15) is 15.3 Å². The largest absolute Gasteiger partial charge is 0.508 e. The van der Waals surface area contributed by atoms with E-state index >= 15 is 0 Å². The van der Waals surface area contributed by atoms with Crippen LogP contribution in [0, 0.1) is 0 Å². The van der Waals surface area contributed by atoms with Crippen molar-refractivity contribution in [2.45, 2.75) is 5.92 Å². The highest BCUT2D eigenvalue weighted by Gasteiger charge is 2.32. The Hall–Kier alpha value is -4.18. The highest BCUT2D eigenvalue weighted by molar-refractivity contribution is 5.95. The lowest BCUT2D eigenvalue weighted by atomic mass is 9.78. The lowest BCUT2D eigenvalue weighted by Gasteiger charge is -2.31. The van der Waals surface area contributed by atoms with Gasteiger partial charge in [-0.3, -0.25) is 0 Å². The normalized spacial score (nSPS) is 13.0. The van der Waals surface area contributed by atoms with Crippen molar-refractivity contribution < 1.29 is 20.1 Å². The predicted molar refractivity (Wildman–Crippen MR) is 120 cm³/mol. The molecular weight excluding hydrogens is 388 g/mol. The number of benzene rings is 5. The number of ether oxygens (including phenoxy) is 1. The summed E-state index contributed by atoms with van der Waals surface area (Å²) in [5, 5.41) is 33.7.